The maximum Gasteiger partial charge on any atom is 0.274 e. The molecule has 0 saturated carbocycles. The highest BCUT2D eigenvalue weighted by atomic mass is 35.5. The average molecular weight is 242 g/mol. The zero-order chi connectivity index (χ0) is 12.0. The average Bonchev–Trinajstić information content (AvgIpc) is 2.30. The number of carbonyl (C=O) groups excluding carboxylic acids is 1. The minimum Gasteiger partial charge on any atom is -0.338 e. The van der Waals surface area contributed by atoms with Crippen LogP contribution in [0.25, 0.3) is 0 Å². The lowest BCUT2D eigenvalue weighted by Crippen LogP contribution is -2.32. The van der Waals surface area contributed by atoms with Crippen LogP contribution in [-0.4, -0.2) is 34.1 Å². The summed E-state index contributed by atoms with van der Waals surface area (Å²) in [6, 6.07) is 3.18. The topological polar surface area (TPSA) is 46.1 Å². The third-order valence-electron chi connectivity index (χ3n) is 2.30. The van der Waals surface area contributed by atoms with Crippen LogP contribution in [0.3, 0.4) is 0 Å². The summed E-state index contributed by atoms with van der Waals surface area (Å²) in [6.45, 7) is 5.50. The van der Waals surface area contributed by atoms with Crippen molar-refractivity contribution in [1.29, 1.82) is 0 Å². The SMILES string of the molecule is CCCCN(CC)C(=O)c1ccc(Cl)nn1. The van der Waals surface area contributed by atoms with Crippen molar-refractivity contribution in [2.45, 2.75) is 26.7 Å². The molecular weight excluding hydrogens is 226 g/mol. The summed E-state index contributed by atoms with van der Waals surface area (Å²) in [7, 11) is 0. The zero-order valence-electron chi connectivity index (χ0n) is 9.61. The highest BCUT2D eigenvalue weighted by molar-refractivity contribution is 6.29. The first-order chi connectivity index (χ1) is 7.69. The zero-order valence-corrected chi connectivity index (χ0v) is 10.4. The van der Waals surface area contributed by atoms with Crippen LogP contribution in [0.15, 0.2) is 12.1 Å². The predicted molar refractivity (Wildman–Crippen MR) is 63.5 cm³/mol. The van der Waals surface area contributed by atoms with Crippen LogP contribution in [0, 0.1) is 0 Å². The van der Waals surface area contributed by atoms with Crippen molar-refractivity contribution in [3.05, 3.63) is 23.0 Å². The van der Waals surface area contributed by atoms with Crippen LogP contribution in [0.2, 0.25) is 5.15 Å². The number of amides is 1. The van der Waals surface area contributed by atoms with Crippen molar-refractivity contribution in [3.63, 3.8) is 0 Å². The molecule has 1 heterocycles. The van der Waals surface area contributed by atoms with Crippen LogP contribution in [0.4, 0.5) is 0 Å². The number of hydrogen-bond acceptors (Lipinski definition) is 3. The Labute approximate surface area is 101 Å². The Hall–Kier alpha value is -1.16. The molecule has 0 saturated heterocycles. The van der Waals surface area contributed by atoms with Gasteiger partial charge in [0, 0.05) is 13.1 Å². The molecule has 5 heteroatoms. The van der Waals surface area contributed by atoms with E-state index in [-0.39, 0.29) is 5.91 Å². The quantitative estimate of drug-likeness (QED) is 0.795. The van der Waals surface area contributed by atoms with E-state index in [1.165, 1.54) is 0 Å². The van der Waals surface area contributed by atoms with Gasteiger partial charge in [-0.15, -0.1) is 10.2 Å². The molecule has 0 aliphatic rings. The maximum atomic E-state index is 12.0. The Kier molecular flexibility index (Phi) is 5.19. The number of carbonyl (C=O) groups is 1. The van der Waals surface area contributed by atoms with Crippen molar-refractivity contribution < 1.29 is 4.79 Å². The van der Waals surface area contributed by atoms with E-state index in [0.29, 0.717) is 17.4 Å². The van der Waals surface area contributed by atoms with Gasteiger partial charge in [-0.3, -0.25) is 4.79 Å². The first kappa shape index (κ1) is 12.9. The third kappa shape index (κ3) is 3.45. The molecule has 0 aliphatic carbocycles. The lowest BCUT2D eigenvalue weighted by Gasteiger charge is -2.19. The molecule has 4 nitrogen and oxygen atoms in total. The summed E-state index contributed by atoms with van der Waals surface area (Å²) in [5.41, 5.74) is 0.349. The van der Waals surface area contributed by atoms with E-state index in [9.17, 15) is 4.79 Å². The monoisotopic (exact) mass is 241 g/mol. The van der Waals surface area contributed by atoms with E-state index in [4.69, 9.17) is 11.6 Å². The molecule has 1 amide bonds. The standard InChI is InChI=1S/C11H16ClN3O/c1-3-5-8-15(4-2)11(16)9-6-7-10(12)14-13-9/h6-7H,3-5,8H2,1-2H3. The fraction of sp³-hybridized carbons (Fsp3) is 0.545. The molecule has 0 bridgehead atoms. The lowest BCUT2D eigenvalue weighted by atomic mass is 10.3. The second-order valence-corrected chi connectivity index (χ2v) is 3.87. The van der Waals surface area contributed by atoms with E-state index in [1.807, 2.05) is 6.92 Å². The Balaban J connectivity index is 2.70. The van der Waals surface area contributed by atoms with Gasteiger partial charge in [0.1, 0.15) is 0 Å². The molecule has 0 N–H and O–H groups in total. The molecule has 1 aromatic rings. The third-order valence-corrected chi connectivity index (χ3v) is 2.50. The first-order valence-electron chi connectivity index (χ1n) is 5.47. The fourth-order valence-corrected chi connectivity index (χ4v) is 1.45. The van der Waals surface area contributed by atoms with E-state index < -0.39 is 0 Å². The van der Waals surface area contributed by atoms with Crippen molar-refractivity contribution in [2.24, 2.45) is 0 Å². The van der Waals surface area contributed by atoms with E-state index in [2.05, 4.69) is 17.1 Å². The molecular formula is C11H16ClN3O. The summed E-state index contributed by atoms with van der Waals surface area (Å²) >= 11 is 5.61. The Morgan fingerprint density at radius 3 is 2.62 bits per heavy atom. The van der Waals surface area contributed by atoms with Gasteiger partial charge in [0.15, 0.2) is 10.8 Å². The van der Waals surface area contributed by atoms with Gasteiger partial charge in [0.2, 0.25) is 0 Å². The number of nitrogens with zero attached hydrogens (tertiary/aromatic N) is 3. The highest BCUT2D eigenvalue weighted by Gasteiger charge is 2.15. The van der Waals surface area contributed by atoms with Gasteiger partial charge in [-0.1, -0.05) is 24.9 Å². The second-order valence-electron chi connectivity index (χ2n) is 3.48. The Bertz CT molecular complexity index is 340. The molecule has 0 aliphatic heterocycles. The Morgan fingerprint density at radius 2 is 2.12 bits per heavy atom. The summed E-state index contributed by atoms with van der Waals surface area (Å²) in [4.78, 5) is 13.7. The fourth-order valence-electron chi connectivity index (χ4n) is 1.34. The van der Waals surface area contributed by atoms with Gasteiger partial charge in [-0.25, -0.2) is 0 Å². The smallest absolute Gasteiger partial charge is 0.274 e. The first-order valence-corrected chi connectivity index (χ1v) is 5.85. The summed E-state index contributed by atoms with van der Waals surface area (Å²) in [5.74, 6) is -0.0832. The molecule has 88 valence electrons. The summed E-state index contributed by atoms with van der Waals surface area (Å²) in [6.07, 6.45) is 2.07. The summed E-state index contributed by atoms with van der Waals surface area (Å²) in [5, 5.41) is 7.75. The van der Waals surface area contributed by atoms with Gasteiger partial charge in [-0.2, -0.15) is 0 Å². The van der Waals surface area contributed by atoms with Crippen molar-refractivity contribution in [1.82, 2.24) is 15.1 Å². The van der Waals surface area contributed by atoms with Crippen LogP contribution in [0.5, 0.6) is 0 Å². The van der Waals surface area contributed by atoms with Crippen molar-refractivity contribution >= 4 is 17.5 Å². The molecule has 0 unspecified atom stereocenters. The van der Waals surface area contributed by atoms with Gasteiger partial charge >= 0.3 is 0 Å². The number of aromatic nitrogens is 2. The number of halogens is 1. The van der Waals surface area contributed by atoms with Crippen LogP contribution >= 0.6 is 11.6 Å². The van der Waals surface area contributed by atoms with E-state index in [1.54, 1.807) is 17.0 Å². The molecule has 0 fully saturated rings. The van der Waals surface area contributed by atoms with Crippen molar-refractivity contribution in [2.75, 3.05) is 13.1 Å². The molecule has 0 aromatic carbocycles. The minimum absolute atomic E-state index is 0.0832. The van der Waals surface area contributed by atoms with Gasteiger partial charge in [0.25, 0.3) is 5.91 Å². The lowest BCUT2D eigenvalue weighted by molar-refractivity contribution is 0.0755. The largest absolute Gasteiger partial charge is 0.338 e. The summed E-state index contributed by atoms with van der Waals surface area (Å²) < 4.78 is 0. The molecule has 0 spiro atoms. The molecule has 16 heavy (non-hydrogen) atoms. The highest BCUT2D eigenvalue weighted by Crippen LogP contribution is 2.06. The molecule has 0 radical (unpaired) electrons. The maximum absolute atomic E-state index is 12.0. The van der Waals surface area contributed by atoms with Crippen LogP contribution < -0.4 is 0 Å². The van der Waals surface area contributed by atoms with E-state index in [0.717, 1.165) is 19.4 Å². The molecule has 1 aromatic heterocycles. The number of rotatable bonds is 5. The van der Waals surface area contributed by atoms with Gasteiger partial charge < -0.3 is 4.90 Å². The minimum atomic E-state index is -0.0832. The molecule has 1 rings (SSSR count). The van der Waals surface area contributed by atoms with E-state index >= 15 is 0 Å². The number of unbranched alkanes of at least 4 members (excludes halogenated alkanes) is 1. The van der Waals surface area contributed by atoms with Gasteiger partial charge in [-0.05, 0) is 25.5 Å². The van der Waals surface area contributed by atoms with Crippen molar-refractivity contribution in [3.8, 4) is 0 Å². The number of hydrogen-bond donors (Lipinski definition) is 0. The van der Waals surface area contributed by atoms with Gasteiger partial charge in [0.05, 0.1) is 0 Å². The van der Waals surface area contributed by atoms with Crippen LogP contribution in [-0.2, 0) is 0 Å². The van der Waals surface area contributed by atoms with Crippen LogP contribution in [0.1, 0.15) is 37.2 Å². The second kappa shape index (κ2) is 6.43. The Morgan fingerprint density at radius 1 is 1.38 bits per heavy atom. The molecule has 0 atom stereocenters. The predicted octanol–water partition coefficient (Wildman–Crippen LogP) is 2.39. The normalized spacial score (nSPS) is 10.2.